The number of aromatic nitrogens is 2. The van der Waals surface area contributed by atoms with Crippen molar-refractivity contribution in [3.05, 3.63) is 52.1 Å². The summed E-state index contributed by atoms with van der Waals surface area (Å²) < 4.78 is 15.2. The zero-order valence-corrected chi connectivity index (χ0v) is 12.1. The van der Waals surface area contributed by atoms with E-state index in [1.165, 1.54) is 6.07 Å². The number of hydrogen-bond donors (Lipinski definition) is 0. The molecule has 0 amide bonds. The van der Waals surface area contributed by atoms with E-state index in [4.69, 9.17) is 11.6 Å². The first-order valence-electron chi connectivity index (χ1n) is 6.09. The van der Waals surface area contributed by atoms with Crippen molar-refractivity contribution in [2.45, 2.75) is 20.0 Å². The Kier molecular flexibility index (Phi) is 4.22. The predicted molar refractivity (Wildman–Crippen MR) is 74.5 cm³/mol. The van der Waals surface area contributed by atoms with Crippen LogP contribution in [0, 0.1) is 12.7 Å². The van der Waals surface area contributed by atoms with Crippen LogP contribution in [-0.4, -0.2) is 21.7 Å². The predicted octanol–water partition coefficient (Wildman–Crippen LogP) is 3.15. The second kappa shape index (κ2) is 5.72. The Morgan fingerprint density at radius 1 is 1.32 bits per heavy atom. The van der Waals surface area contributed by atoms with Gasteiger partial charge in [-0.3, -0.25) is 9.58 Å². The highest BCUT2D eigenvalue weighted by atomic mass is 35.5. The van der Waals surface area contributed by atoms with Crippen LogP contribution in [0.5, 0.6) is 0 Å². The van der Waals surface area contributed by atoms with Crippen molar-refractivity contribution < 1.29 is 4.39 Å². The smallest absolute Gasteiger partial charge is 0.131 e. The van der Waals surface area contributed by atoms with E-state index in [1.54, 1.807) is 16.8 Å². The molecule has 1 heterocycles. The lowest BCUT2D eigenvalue weighted by Gasteiger charge is -2.17. The van der Waals surface area contributed by atoms with E-state index < -0.39 is 0 Å². The van der Waals surface area contributed by atoms with E-state index >= 15 is 0 Å². The molecule has 0 fully saturated rings. The molecule has 1 aromatic heterocycles. The highest BCUT2D eigenvalue weighted by Gasteiger charge is 2.14. The molecule has 102 valence electrons. The summed E-state index contributed by atoms with van der Waals surface area (Å²) in [5.41, 5.74) is 2.58. The van der Waals surface area contributed by atoms with Crippen LogP contribution in [0.25, 0.3) is 0 Å². The monoisotopic (exact) mass is 281 g/mol. The minimum atomic E-state index is -0.177. The van der Waals surface area contributed by atoms with Crippen LogP contribution in [0.2, 0.25) is 5.15 Å². The molecule has 0 saturated carbocycles. The van der Waals surface area contributed by atoms with E-state index in [-0.39, 0.29) is 5.82 Å². The molecule has 0 unspecified atom stereocenters. The third-order valence-electron chi connectivity index (χ3n) is 3.10. The molecular formula is C14H17ClFN3. The van der Waals surface area contributed by atoms with Crippen molar-refractivity contribution in [3.63, 3.8) is 0 Å². The summed E-state index contributed by atoms with van der Waals surface area (Å²) in [6.07, 6.45) is 0. The number of halogens is 2. The summed E-state index contributed by atoms with van der Waals surface area (Å²) in [6, 6.07) is 6.81. The molecule has 0 radical (unpaired) electrons. The Balaban J connectivity index is 2.10. The second-order valence-electron chi connectivity index (χ2n) is 4.74. The maximum atomic E-state index is 13.6. The van der Waals surface area contributed by atoms with E-state index in [1.807, 2.05) is 32.0 Å². The number of aryl methyl sites for hydroxylation is 2. The highest BCUT2D eigenvalue weighted by Crippen LogP contribution is 2.21. The highest BCUT2D eigenvalue weighted by molar-refractivity contribution is 6.30. The largest absolute Gasteiger partial charge is 0.298 e. The lowest BCUT2D eigenvalue weighted by atomic mass is 10.2. The summed E-state index contributed by atoms with van der Waals surface area (Å²) in [5.74, 6) is -0.177. The van der Waals surface area contributed by atoms with Gasteiger partial charge in [-0.15, -0.1) is 0 Å². The molecule has 5 heteroatoms. The van der Waals surface area contributed by atoms with Gasteiger partial charge in [-0.25, -0.2) is 4.39 Å². The van der Waals surface area contributed by atoms with Crippen molar-refractivity contribution in [3.8, 4) is 0 Å². The number of benzene rings is 1. The molecule has 0 bridgehead atoms. The van der Waals surface area contributed by atoms with Crippen LogP contribution in [0.15, 0.2) is 24.3 Å². The molecule has 19 heavy (non-hydrogen) atoms. The van der Waals surface area contributed by atoms with E-state index in [2.05, 4.69) is 5.10 Å². The molecular weight excluding hydrogens is 265 g/mol. The summed E-state index contributed by atoms with van der Waals surface area (Å²) in [4.78, 5) is 2.02. The quantitative estimate of drug-likeness (QED) is 0.858. The van der Waals surface area contributed by atoms with Crippen molar-refractivity contribution in [1.82, 2.24) is 14.7 Å². The normalized spacial score (nSPS) is 11.3. The van der Waals surface area contributed by atoms with Gasteiger partial charge in [-0.05, 0) is 20.0 Å². The van der Waals surface area contributed by atoms with Gasteiger partial charge in [0.2, 0.25) is 0 Å². The Bertz CT molecular complexity index is 580. The Hall–Kier alpha value is -1.39. The summed E-state index contributed by atoms with van der Waals surface area (Å²) in [6.45, 7) is 3.11. The average molecular weight is 282 g/mol. The van der Waals surface area contributed by atoms with Crippen LogP contribution in [0.1, 0.15) is 16.8 Å². The average Bonchev–Trinajstić information content (AvgIpc) is 2.59. The number of hydrogen-bond acceptors (Lipinski definition) is 2. The van der Waals surface area contributed by atoms with Gasteiger partial charge in [0.1, 0.15) is 11.0 Å². The van der Waals surface area contributed by atoms with Crippen molar-refractivity contribution in [1.29, 1.82) is 0 Å². The third kappa shape index (κ3) is 3.14. The van der Waals surface area contributed by atoms with Gasteiger partial charge in [0.05, 0.1) is 5.69 Å². The van der Waals surface area contributed by atoms with Crippen LogP contribution >= 0.6 is 11.6 Å². The fourth-order valence-corrected chi connectivity index (χ4v) is 2.33. The molecule has 0 aliphatic carbocycles. The van der Waals surface area contributed by atoms with Crippen LogP contribution in [0.4, 0.5) is 4.39 Å². The maximum absolute atomic E-state index is 13.6. The summed E-state index contributed by atoms with van der Waals surface area (Å²) >= 11 is 6.19. The fourth-order valence-electron chi connectivity index (χ4n) is 2.10. The van der Waals surface area contributed by atoms with Gasteiger partial charge in [0.15, 0.2) is 0 Å². The molecule has 0 spiro atoms. The van der Waals surface area contributed by atoms with Crippen LogP contribution in [0.3, 0.4) is 0 Å². The zero-order valence-electron chi connectivity index (χ0n) is 11.3. The van der Waals surface area contributed by atoms with Crippen molar-refractivity contribution in [2.75, 3.05) is 7.05 Å². The van der Waals surface area contributed by atoms with E-state index in [0.717, 1.165) is 11.3 Å². The SMILES string of the molecule is Cc1nn(C)c(Cl)c1CN(C)Cc1ccccc1F. The van der Waals surface area contributed by atoms with Gasteiger partial charge in [0.25, 0.3) is 0 Å². The van der Waals surface area contributed by atoms with E-state index in [0.29, 0.717) is 23.8 Å². The first kappa shape index (κ1) is 14.0. The lowest BCUT2D eigenvalue weighted by molar-refractivity contribution is 0.313. The summed E-state index contributed by atoms with van der Waals surface area (Å²) in [5, 5.41) is 4.91. The molecule has 0 aliphatic rings. The molecule has 3 nitrogen and oxygen atoms in total. The molecule has 0 aliphatic heterocycles. The van der Waals surface area contributed by atoms with Gasteiger partial charge >= 0.3 is 0 Å². The van der Waals surface area contributed by atoms with Gasteiger partial charge < -0.3 is 0 Å². The maximum Gasteiger partial charge on any atom is 0.131 e. The molecule has 2 aromatic rings. The second-order valence-corrected chi connectivity index (χ2v) is 5.10. The van der Waals surface area contributed by atoms with Crippen molar-refractivity contribution in [2.24, 2.45) is 7.05 Å². The Morgan fingerprint density at radius 2 is 2.00 bits per heavy atom. The minimum Gasteiger partial charge on any atom is -0.298 e. The molecule has 1 aromatic carbocycles. The zero-order chi connectivity index (χ0) is 14.0. The first-order chi connectivity index (χ1) is 8.99. The molecule has 0 atom stereocenters. The van der Waals surface area contributed by atoms with Crippen LogP contribution < -0.4 is 0 Å². The molecule has 0 saturated heterocycles. The van der Waals surface area contributed by atoms with E-state index in [9.17, 15) is 4.39 Å². The van der Waals surface area contributed by atoms with Gasteiger partial charge in [-0.1, -0.05) is 29.8 Å². The number of rotatable bonds is 4. The Labute approximate surface area is 117 Å². The van der Waals surface area contributed by atoms with Gasteiger partial charge in [0, 0.05) is 31.3 Å². The first-order valence-corrected chi connectivity index (χ1v) is 6.46. The van der Waals surface area contributed by atoms with Crippen molar-refractivity contribution >= 4 is 11.6 Å². The molecule has 0 N–H and O–H groups in total. The van der Waals surface area contributed by atoms with Crippen LogP contribution in [-0.2, 0) is 20.1 Å². The Morgan fingerprint density at radius 3 is 2.58 bits per heavy atom. The topological polar surface area (TPSA) is 21.1 Å². The fraction of sp³-hybridized carbons (Fsp3) is 0.357. The third-order valence-corrected chi connectivity index (χ3v) is 3.57. The number of nitrogens with zero attached hydrogens (tertiary/aromatic N) is 3. The van der Waals surface area contributed by atoms with Gasteiger partial charge in [-0.2, -0.15) is 5.10 Å². The standard InChI is InChI=1S/C14H17ClFN3/c1-10-12(14(15)19(3)17-10)9-18(2)8-11-6-4-5-7-13(11)16/h4-7H,8-9H2,1-3H3. The summed E-state index contributed by atoms with van der Waals surface area (Å²) in [7, 11) is 3.75. The lowest BCUT2D eigenvalue weighted by Crippen LogP contribution is -2.18. The minimum absolute atomic E-state index is 0.177. The molecule has 2 rings (SSSR count).